The van der Waals surface area contributed by atoms with Crippen LogP contribution in [0.1, 0.15) is 17.5 Å². The highest BCUT2D eigenvalue weighted by Gasteiger charge is 2.35. The monoisotopic (exact) mass is 444 g/mol. The van der Waals surface area contributed by atoms with E-state index < -0.39 is 0 Å². The van der Waals surface area contributed by atoms with Crippen molar-refractivity contribution in [3.8, 4) is 5.75 Å². The zero-order valence-electron chi connectivity index (χ0n) is 18.7. The van der Waals surface area contributed by atoms with Crippen LogP contribution in [0.25, 0.3) is 0 Å². The molecule has 3 aromatic carbocycles. The number of ether oxygens (including phenoxy) is 2. The number of hydrogen-bond donors (Lipinski definition) is 0. The van der Waals surface area contributed by atoms with Crippen molar-refractivity contribution in [1.82, 2.24) is 4.90 Å². The molecule has 2 amide bonds. The van der Waals surface area contributed by atoms with E-state index in [1.54, 1.807) is 16.9 Å². The summed E-state index contributed by atoms with van der Waals surface area (Å²) >= 11 is 0. The lowest BCUT2D eigenvalue weighted by molar-refractivity contribution is -0.122. The third kappa shape index (κ3) is 5.71. The number of benzene rings is 3. The molecule has 0 aliphatic carbocycles. The zero-order valence-corrected chi connectivity index (χ0v) is 18.7. The molecule has 4 rings (SSSR count). The number of likely N-dealkylation sites (tertiary alicyclic amines) is 1. The van der Waals surface area contributed by atoms with Gasteiger partial charge in [-0.1, -0.05) is 60.7 Å². The minimum absolute atomic E-state index is 0.00220. The highest BCUT2D eigenvalue weighted by molar-refractivity contribution is 5.95. The Morgan fingerprint density at radius 2 is 1.55 bits per heavy atom. The first-order valence-electron chi connectivity index (χ1n) is 11.1. The van der Waals surface area contributed by atoms with Gasteiger partial charge in [-0.25, -0.2) is 4.79 Å². The molecule has 0 aromatic heterocycles. The minimum Gasteiger partial charge on any atom is -0.497 e. The van der Waals surface area contributed by atoms with Gasteiger partial charge in [0.15, 0.2) is 0 Å². The average Bonchev–Trinajstić information content (AvgIpc) is 3.37. The fourth-order valence-corrected chi connectivity index (χ4v) is 3.98. The van der Waals surface area contributed by atoms with E-state index in [4.69, 9.17) is 9.47 Å². The molecule has 1 fully saturated rings. The number of nitrogens with zero attached hydrogens (tertiary/aromatic N) is 2. The average molecular weight is 445 g/mol. The largest absolute Gasteiger partial charge is 0.497 e. The molecule has 33 heavy (non-hydrogen) atoms. The molecule has 6 heteroatoms. The third-order valence-electron chi connectivity index (χ3n) is 5.83. The lowest BCUT2D eigenvalue weighted by Crippen LogP contribution is -2.38. The molecule has 1 atom stereocenters. The van der Waals surface area contributed by atoms with Gasteiger partial charge < -0.3 is 19.3 Å². The van der Waals surface area contributed by atoms with Crippen LogP contribution in [0.4, 0.5) is 10.5 Å². The van der Waals surface area contributed by atoms with E-state index in [0.29, 0.717) is 26.1 Å². The molecule has 0 radical (unpaired) electrons. The first kappa shape index (κ1) is 22.4. The summed E-state index contributed by atoms with van der Waals surface area (Å²) in [6, 6.07) is 27.0. The summed E-state index contributed by atoms with van der Waals surface area (Å²) in [6.07, 6.45) is 0.231. The molecule has 170 valence electrons. The Morgan fingerprint density at radius 3 is 2.18 bits per heavy atom. The van der Waals surface area contributed by atoms with Crippen LogP contribution in [0.2, 0.25) is 0 Å². The first-order chi connectivity index (χ1) is 16.1. The van der Waals surface area contributed by atoms with E-state index in [9.17, 15) is 9.59 Å². The summed E-state index contributed by atoms with van der Waals surface area (Å²) in [5.74, 6) is 0.460. The predicted octanol–water partition coefficient (Wildman–Crippen LogP) is 4.89. The van der Waals surface area contributed by atoms with E-state index in [1.807, 2.05) is 84.9 Å². The Balaban J connectivity index is 1.43. The number of carbonyl (C=O) groups is 2. The van der Waals surface area contributed by atoms with E-state index >= 15 is 0 Å². The Morgan fingerprint density at radius 1 is 0.909 bits per heavy atom. The van der Waals surface area contributed by atoms with Crippen LogP contribution in [-0.2, 0) is 22.7 Å². The van der Waals surface area contributed by atoms with Crippen molar-refractivity contribution < 1.29 is 19.1 Å². The molecule has 1 aliphatic heterocycles. The van der Waals surface area contributed by atoms with Gasteiger partial charge in [0.2, 0.25) is 5.91 Å². The molecule has 6 nitrogen and oxygen atoms in total. The van der Waals surface area contributed by atoms with Crippen LogP contribution in [0, 0.1) is 5.92 Å². The van der Waals surface area contributed by atoms with Gasteiger partial charge in [-0.15, -0.1) is 0 Å². The maximum absolute atomic E-state index is 13.6. The zero-order chi connectivity index (χ0) is 23.0. The van der Waals surface area contributed by atoms with Gasteiger partial charge in [-0.3, -0.25) is 4.79 Å². The molecule has 0 bridgehead atoms. The highest BCUT2D eigenvalue weighted by Crippen LogP contribution is 2.27. The number of methoxy groups -OCH3 is 1. The van der Waals surface area contributed by atoms with Gasteiger partial charge in [-0.05, 0) is 41.8 Å². The van der Waals surface area contributed by atoms with Crippen LogP contribution in [0.15, 0.2) is 84.9 Å². The minimum atomic E-state index is -0.381. The van der Waals surface area contributed by atoms with Crippen molar-refractivity contribution in [2.24, 2.45) is 5.92 Å². The SMILES string of the molecule is COc1ccc(N(Cc2ccccc2)C(=O)C2CCN(C(=O)OCc3ccccc3)C2)cc1. The quantitative estimate of drug-likeness (QED) is 0.521. The molecule has 0 spiro atoms. The van der Waals surface area contributed by atoms with Gasteiger partial charge in [-0.2, -0.15) is 0 Å². The van der Waals surface area contributed by atoms with Crippen molar-refractivity contribution in [3.63, 3.8) is 0 Å². The number of rotatable bonds is 7. The van der Waals surface area contributed by atoms with Crippen molar-refractivity contribution in [1.29, 1.82) is 0 Å². The maximum Gasteiger partial charge on any atom is 0.410 e. The number of hydrogen-bond acceptors (Lipinski definition) is 4. The molecule has 1 heterocycles. The van der Waals surface area contributed by atoms with E-state index in [2.05, 4.69) is 0 Å². The van der Waals surface area contributed by atoms with Gasteiger partial charge in [0.1, 0.15) is 12.4 Å². The molecule has 3 aromatic rings. The van der Waals surface area contributed by atoms with Crippen molar-refractivity contribution in [2.45, 2.75) is 19.6 Å². The second-order valence-electron chi connectivity index (χ2n) is 8.08. The van der Waals surface area contributed by atoms with Gasteiger partial charge in [0.05, 0.1) is 19.6 Å². The van der Waals surface area contributed by atoms with E-state index in [0.717, 1.165) is 22.6 Å². The molecule has 1 saturated heterocycles. The lowest BCUT2D eigenvalue weighted by atomic mass is 10.1. The molecule has 1 unspecified atom stereocenters. The second-order valence-corrected chi connectivity index (χ2v) is 8.08. The van der Waals surface area contributed by atoms with Crippen molar-refractivity contribution >= 4 is 17.7 Å². The third-order valence-corrected chi connectivity index (χ3v) is 5.83. The summed E-state index contributed by atoms with van der Waals surface area (Å²) in [5, 5.41) is 0. The Labute approximate surface area is 194 Å². The summed E-state index contributed by atoms with van der Waals surface area (Å²) in [4.78, 5) is 29.5. The summed E-state index contributed by atoms with van der Waals surface area (Å²) in [7, 11) is 1.62. The van der Waals surface area contributed by atoms with Gasteiger partial charge in [0, 0.05) is 18.8 Å². The van der Waals surface area contributed by atoms with Crippen molar-refractivity contribution in [3.05, 3.63) is 96.1 Å². The Kier molecular flexibility index (Phi) is 7.25. The van der Waals surface area contributed by atoms with Crippen LogP contribution in [0.3, 0.4) is 0 Å². The maximum atomic E-state index is 13.6. The second kappa shape index (κ2) is 10.7. The van der Waals surface area contributed by atoms with Crippen LogP contribution in [-0.4, -0.2) is 37.1 Å². The predicted molar refractivity (Wildman–Crippen MR) is 127 cm³/mol. The molecule has 1 aliphatic rings. The normalized spacial score (nSPS) is 15.2. The molecule has 0 N–H and O–H groups in total. The number of carbonyl (C=O) groups excluding carboxylic acids is 2. The van der Waals surface area contributed by atoms with Crippen LogP contribution >= 0.6 is 0 Å². The smallest absolute Gasteiger partial charge is 0.410 e. The van der Waals surface area contributed by atoms with E-state index in [-0.39, 0.29) is 24.5 Å². The van der Waals surface area contributed by atoms with Gasteiger partial charge >= 0.3 is 6.09 Å². The van der Waals surface area contributed by atoms with Crippen LogP contribution in [0.5, 0.6) is 5.75 Å². The topological polar surface area (TPSA) is 59.1 Å². The van der Waals surface area contributed by atoms with E-state index in [1.165, 1.54) is 0 Å². The Bertz CT molecular complexity index is 1050. The summed E-state index contributed by atoms with van der Waals surface area (Å²) in [5.41, 5.74) is 2.78. The number of anilines is 1. The standard InChI is InChI=1S/C27H28N2O4/c1-32-25-14-12-24(13-15-25)29(18-21-8-4-2-5-9-21)26(30)23-16-17-28(19-23)27(31)33-20-22-10-6-3-7-11-22/h2-15,23H,16-20H2,1H3. The van der Waals surface area contributed by atoms with Crippen LogP contribution < -0.4 is 9.64 Å². The van der Waals surface area contributed by atoms with Gasteiger partial charge in [0.25, 0.3) is 0 Å². The number of amides is 2. The fourth-order valence-electron chi connectivity index (χ4n) is 3.98. The molecular weight excluding hydrogens is 416 g/mol. The van der Waals surface area contributed by atoms with Crippen molar-refractivity contribution in [2.75, 3.05) is 25.1 Å². The first-order valence-corrected chi connectivity index (χ1v) is 11.1. The highest BCUT2D eigenvalue weighted by atomic mass is 16.6. The Hall–Kier alpha value is -3.80. The molecule has 0 saturated carbocycles. The molecular formula is C27H28N2O4. The lowest BCUT2D eigenvalue weighted by Gasteiger charge is -2.26. The summed E-state index contributed by atoms with van der Waals surface area (Å²) < 4.78 is 10.7. The fraction of sp³-hybridized carbons (Fsp3) is 0.259. The summed E-state index contributed by atoms with van der Waals surface area (Å²) in [6.45, 7) is 1.54.